The molecule has 1 aliphatic rings. The van der Waals surface area contributed by atoms with Gasteiger partial charge in [0.2, 0.25) is 0 Å². The molecule has 0 aromatic rings. The summed E-state index contributed by atoms with van der Waals surface area (Å²) in [6.45, 7) is 4.52. The van der Waals surface area contributed by atoms with Gasteiger partial charge in [0.25, 0.3) is 0 Å². The summed E-state index contributed by atoms with van der Waals surface area (Å²) in [5.74, 6) is 0.764. The van der Waals surface area contributed by atoms with Crippen LogP contribution in [0.15, 0.2) is 22.2 Å². The van der Waals surface area contributed by atoms with Gasteiger partial charge in [0.05, 0.1) is 0 Å². The smallest absolute Gasteiger partial charge is 0.00143 e. The molecule has 0 spiro atoms. The van der Waals surface area contributed by atoms with Gasteiger partial charge in [-0.3, -0.25) is 0 Å². The van der Waals surface area contributed by atoms with E-state index in [0.29, 0.717) is 0 Å². The fraction of sp³-hybridized carbons (Fsp3) is 0.600. The molecule has 0 amide bonds. The van der Waals surface area contributed by atoms with Crippen molar-refractivity contribution in [2.45, 2.75) is 33.1 Å². The molecule has 0 fully saturated rings. The first kappa shape index (κ1) is 9.05. The normalized spacial score (nSPS) is 18.2. The standard InChI is InChI=1S/C10H15Br/c1-8(2)7-9-5-3-4-6-10(9)11/h3,5,8H,4,6-7H2,1-2H3. The third kappa shape index (κ3) is 2.82. The van der Waals surface area contributed by atoms with E-state index in [2.05, 4.69) is 41.9 Å². The lowest BCUT2D eigenvalue weighted by molar-refractivity contribution is 0.645. The fourth-order valence-corrected chi connectivity index (χ4v) is 1.83. The van der Waals surface area contributed by atoms with E-state index < -0.39 is 0 Å². The van der Waals surface area contributed by atoms with Crippen molar-refractivity contribution in [2.75, 3.05) is 0 Å². The maximum Gasteiger partial charge on any atom is -0.00143 e. The molecule has 1 rings (SSSR count). The molecule has 0 bridgehead atoms. The molecule has 0 aliphatic heterocycles. The quantitative estimate of drug-likeness (QED) is 0.652. The van der Waals surface area contributed by atoms with Gasteiger partial charge in [-0.1, -0.05) is 41.9 Å². The fourth-order valence-electron chi connectivity index (χ4n) is 1.31. The minimum Gasteiger partial charge on any atom is -0.0839 e. The number of hydrogen-bond donors (Lipinski definition) is 0. The molecule has 0 unspecified atom stereocenters. The van der Waals surface area contributed by atoms with Gasteiger partial charge in [0.15, 0.2) is 0 Å². The Labute approximate surface area is 77.5 Å². The Hall–Kier alpha value is -0.0400. The second kappa shape index (κ2) is 4.10. The molecule has 0 N–H and O–H groups in total. The molecular formula is C10H15Br. The van der Waals surface area contributed by atoms with Crippen LogP contribution in [0.1, 0.15) is 33.1 Å². The maximum atomic E-state index is 3.61. The maximum absolute atomic E-state index is 3.61. The largest absolute Gasteiger partial charge is 0.0839 e. The van der Waals surface area contributed by atoms with Gasteiger partial charge in [0.1, 0.15) is 0 Å². The molecule has 0 aromatic heterocycles. The Morgan fingerprint density at radius 3 is 2.82 bits per heavy atom. The number of halogens is 1. The number of rotatable bonds is 2. The lowest BCUT2D eigenvalue weighted by Gasteiger charge is -2.12. The van der Waals surface area contributed by atoms with Crippen molar-refractivity contribution in [1.82, 2.24) is 0 Å². The summed E-state index contributed by atoms with van der Waals surface area (Å²) in [6.07, 6.45) is 8.12. The number of allylic oxidation sites excluding steroid dienone is 4. The van der Waals surface area contributed by atoms with Crippen LogP contribution in [0.2, 0.25) is 0 Å². The van der Waals surface area contributed by atoms with Crippen LogP contribution in [0.5, 0.6) is 0 Å². The van der Waals surface area contributed by atoms with Crippen LogP contribution in [-0.2, 0) is 0 Å². The lowest BCUT2D eigenvalue weighted by Crippen LogP contribution is -1.94. The molecule has 0 saturated carbocycles. The van der Waals surface area contributed by atoms with E-state index in [1.54, 1.807) is 0 Å². The van der Waals surface area contributed by atoms with Crippen molar-refractivity contribution in [1.29, 1.82) is 0 Å². The highest BCUT2D eigenvalue weighted by molar-refractivity contribution is 9.11. The average molecular weight is 215 g/mol. The van der Waals surface area contributed by atoms with E-state index in [9.17, 15) is 0 Å². The molecule has 0 nitrogen and oxygen atoms in total. The second-order valence-corrected chi connectivity index (χ2v) is 4.43. The van der Waals surface area contributed by atoms with Gasteiger partial charge in [-0.2, -0.15) is 0 Å². The summed E-state index contributed by atoms with van der Waals surface area (Å²) >= 11 is 3.61. The first-order valence-corrected chi connectivity index (χ1v) is 5.03. The Morgan fingerprint density at radius 1 is 1.55 bits per heavy atom. The van der Waals surface area contributed by atoms with E-state index in [-0.39, 0.29) is 0 Å². The Kier molecular flexibility index (Phi) is 3.38. The van der Waals surface area contributed by atoms with E-state index in [4.69, 9.17) is 0 Å². The Balaban J connectivity index is 2.60. The molecule has 1 aliphatic carbocycles. The Morgan fingerprint density at radius 2 is 2.27 bits per heavy atom. The predicted octanol–water partition coefficient (Wildman–Crippen LogP) is 4.03. The molecule has 11 heavy (non-hydrogen) atoms. The van der Waals surface area contributed by atoms with Crippen molar-refractivity contribution in [3.8, 4) is 0 Å². The molecular weight excluding hydrogens is 200 g/mol. The van der Waals surface area contributed by atoms with Crippen molar-refractivity contribution in [3.05, 3.63) is 22.2 Å². The molecule has 0 atom stereocenters. The number of hydrogen-bond acceptors (Lipinski definition) is 0. The zero-order chi connectivity index (χ0) is 8.27. The zero-order valence-corrected chi connectivity index (χ0v) is 8.82. The summed E-state index contributed by atoms with van der Waals surface area (Å²) in [6, 6.07) is 0. The summed E-state index contributed by atoms with van der Waals surface area (Å²) < 4.78 is 1.41. The Bertz CT molecular complexity index is 187. The van der Waals surface area contributed by atoms with Gasteiger partial charge in [-0.15, -0.1) is 0 Å². The zero-order valence-electron chi connectivity index (χ0n) is 7.23. The van der Waals surface area contributed by atoms with Crippen LogP contribution < -0.4 is 0 Å². The minimum atomic E-state index is 0.764. The average Bonchev–Trinajstić information content (AvgIpc) is 1.93. The van der Waals surface area contributed by atoms with E-state index in [1.807, 2.05) is 0 Å². The van der Waals surface area contributed by atoms with Gasteiger partial charge in [-0.05, 0) is 35.2 Å². The van der Waals surface area contributed by atoms with E-state index in [0.717, 1.165) is 5.92 Å². The van der Waals surface area contributed by atoms with Gasteiger partial charge in [0, 0.05) is 0 Å². The van der Waals surface area contributed by atoms with Crippen LogP contribution in [-0.4, -0.2) is 0 Å². The second-order valence-electron chi connectivity index (χ2n) is 3.47. The highest BCUT2D eigenvalue weighted by Gasteiger charge is 2.06. The SMILES string of the molecule is CC(C)CC1=C(Br)CCC=C1. The lowest BCUT2D eigenvalue weighted by atomic mass is 9.98. The van der Waals surface area contributed by atoms with Crippen molar-refractivity contribution >= 4 is 15.9 Å². The summed E-state index contributed by atoms with van der Waals surface area (Å²) in [4.78, 5) is 0. The monoisotopic (exact) mass is 214 g/mol. The van der Waals surface area contributed by atoms with Crippen LogP contribution in [0.25, 0.3) is 0 Å². The van der Waals surface area contributed by atoms with Crippen molar-refractivity contribution in [3.63, 3.8) is 0 Å². The highest BCUT2D eigenvalue weighted by Crippen LogP contribution is 2.28. The van der Waals surface area contributed by atoms with E-state index in [1.165, 1.54) is 29.3 Å². The van der Waals surface area contributed by atoms with Crippen LogP contribution >= 0.6 is 15.9 Å². The summed E-state index contributed by atoms with van der Waals surface area (Å²) in [5, 5.41) is 0. The van der Waals surface area contributed by atoms with Gasteiger partial charge in [-0.25, -0.2) is 0 Å². The van der Waals surface area contributed by atoms with E-state index >= 15 is 0 Å². The molecule has 0 aromatic carbocycles. The third-order valence-electron chi connectivity index (χ3n) is 1.83. The summed E-state index contributed by atoms with van der Waals surface area (Å²) in [5.41, 5.74) is 1.49. The molecule has 62 valence electrons. The van der Waals surface area contributed by atoms with Crippen LogP contribution in [0.4, 0.5) is 0 Å². The van der Waals surface area contributed by atoms with Crippen molar-refractivity contribution < 1.29 is 0 Å². The molecule has 0 radical (unpaired) electrons. The third-order valence-corrected chi connectivity index (χ3v) is 2.73. The van der Waals surface area contributed by atoms with Crippen LogP contribution in [0, 0.1) is 5.92 Å². The molecule has 1 heteroatoms. The van der Waals surface area contributed by atoms with Gasteiger partial charge < -0.3 is 0 Å². The van der Waals surface area contributed by atoms with Crippen LogP contribution in [0.3, 0.4) is 0 Å². The van der Waals surface area contributed by atoms with Crippen molar-refractivity contribution in [2.24, 2.45) is 5.92 Å². The topological polar surface area (TPSA) is 0 Å². The van der Waals surface area contributed by atoms with Gasteiger partial charge >= 0.3 is 0 Å². The summed E-state index contributed by atoms with van der Waals surface area (Å²) in [7, 11) is 0. The first-order chi connectivity index (χ1) is 5.20. The first-order valence-electron chi connectivity index (χ1n) is 4.24. The predicted molar refractivity (Wildman–Crippen MR) is 53.8 cm³/mol. The molecule has 0 heterocycles. The highest BCUT2D eigenvalue weighted by atomic mass is 79.9. The molecule has 0 saturated heterocycles. The minimum absolute atomic E-state index is 0.764.